The Kier molecular flexibility index (Phi) is 6.91. The lowest BCUT2D eigenvalue weighted by molar-refractivity contribution is -0.140. The van der Waals surface area contributed by atoms with Crippen molar-refractivity contribution in [3.8, 4) is 5.75 Å². The molecule has 2 atom stereocenters. The Morgan fingerprint density at radius 3 is 2.30 bits per heavy atom. The van der Waals surface area contributed by atoms with Crippen LogP contribution >= 0.6 is 0 Å². The summed E-state index contributed by atoms with van der Waals surface area (Å²) in [4.78, 5) is 27.1. The maximum Gasteiger partial charge on any atom is 0.337 e. The number of Topliss-reactive ketones (excluding diaryl/α,β-unsaturated/α-hetero) is 1. The first-order chi connectivity index (χ1) is 17.9. The second kappa shape index (κ2) is 10.4. The number of esters is 1. The summed E-state index contributed by atoms with van der Waals surface area (Å²) in [5.41, 5.74) is 4.95. The van der Waals surface area contributed by atoms with Gasteiger partial charge in [0.2, 0.25) is 0 Å². The van der Waals surface area contributed by atoms with Gasteiger partial charge in [-0.25, -0.2) is 9.18 Å². The van der Waals surface area contributed by atoms with Gasteiger partial charge in [-0.2, -0.15) is 0 Å². The molecule has 0 fully saturated rings. The molecule has 1 aliphatic heterocycles. The number of carbonyl (C=O) groups is 2. The van der Waals surface area contributed by atoms with E-state index in [1.165, 1.54) is 12.1 Å². The van der Waals surface area contributed by atoms with E-state index in [2.05, 4.69) is 5.32 Å². The van der Waals surface area contributed by atoms with Crippen LogP contribution in [-0.2, 0) is 20.9 Å². The number of hydrogen-bond donors (Lipinski definition) is 1. The molecule has 2 aliphatic rings. The highest BCUT2D eigenvalue weighted by Crippen LogP contribution is 2.45. The van der Waals surface area contributed by atoms with Gasteiger partial charge in [-0.1, -0.05) is 54.6 Å². The fraction of sp³-hybridized carbons (Fsp3) is 0.226. The van der Waals surface area contributed by atoms with Gasteiger partial charge < -0.3 is 14.8 Å². The number of ether oxygens (including phenoxy) is 2. The molecular weight excluding hydrogens is 469 g/mol. The molecule has 0 unspecified atom stereocenters. The molecule has 188 valence electrons. The van der Waals surface area contributed by atoms with Crippen LogP contribution in [-0.4, -0.2) is 18.9 Å². The number of methoxy groups -OCH3 is 1. The van der Waals surface area contributed by atoms with Crippen molar-refractivity contribution < 1.29 is 23.5 Å². The molecule has 3 aromatic rings. The van der Waals surface area contributed by atoms with Crippen LogP contribution in [0.2, 0.25) is 0 Å². The minimum Gasteiger partial charge on any atom is -0.497 e. The number of hydrogen-bond acceptors (Lipinski definition) is 5. The maximum atomic E-state index is 13.8. The van der Waals surface area contributed by atoms with Crippen molar-refractivity contribution >= 4 is 11.8 Å². The molecule has 1 N–H and O–H groups in total. The molecule has 0 aromatic heterocycles. The fourth-order valence-corrected chi connectivity index (χ4v) is 5.21. The lowest BCUT2D eigenvalue weighted by Gasteiger charge is -2.36. The van der Waals surface area contributed by atoms with E-state index in [-0.39, 0.29) is 24.1 Å². The zero-order chi connectivity index (χ0) is 25.9. The van der Waals surface area contributed by atoms with Crippen LogP contribution in [0.1, 0.15) is 48.3 Å². The van der Waals surface area contributed by atoms with E-state index >= 15 is 0 Å². The first kappa shape index (κ1) is 24.5. The largest absolute Gasteiger partial charge is 0.497 e. The number of nitrogens with one attached hydrogen (secondary N) is 1. The highest BCUT2D eigenvalue weighted by atomic mass is 19.1. The molecule has 1 heterocycles. The number of ketones is 1. The molecule has 0 bridgehead atoms. The lowest BCUT2D eigenvalue weighted by atomic mass is 9.71. The Balaban J connectivity index is 1.49. The van der Waals surface area contributed by atoms with Crippen molar-refractivity contribution in [2.75, 3.05) is 7.11 Å². The number of benzene rings is 3. The van der Waals surface area contributed by atoms with Crippen LogP contribution in [0.4, 0.5) is 4.39 Å². The predicted octanol–water partition coefficient (Wildman–Crippen LogP) is 5.94. The van der Waals surface area contributed by atoms with Gasteiger partial charge >= 0.3 is 5.97 Å². The summed E-state index contributed by atoms with van der Waals surface area (Å²) >= 11 is 0. The molecule has 6 heteroatoms. The standard InChI is InChI=1S/C31H28FNO4/c1-19-28(31(35)37-18-20-6-4-3-5-7-20)29(22-8-12-24(32)13-9-22)30-26(33-19)16-23(17-27(30)34)21-10-14-25(36-2)15-11-21/h3-15,23,29,33H,16-18H2,1-2H3/t23-,29-/m0/s1. The average Bonchev–Trinajstić information content (AvgIpc) is 2.92. The first-order valence-electron chi connectivity index (χ1n) is 12.3. The van der Waals surface area contributed by atoms with E-state index in [4.69, 9.17) is 9.47 Å². The molecule has 0 amide bonds. The molecule has 3 aromatic carbocycles. The highest BCUT2D eigenvalue weighted by molar-refractivity contribution is 6.04. The third kappa shape index (κ3) is 5.05. The normalized spacial score (nSPS) is 19.3. The van der Waals surface area contributed by atoms with E-state index < -0.39 is 11.9 Å². The summed E-state index contributed by atoms with van der Waals surface area (Å²) in [6.45, 7) is 1.94. The number of carbonyl (C=O) groups excluding carboxylic acids is 2. The van der Waals surface area contributed by atoms with Gasteiger partial charge in [0.15, 0.2) is 5.78 Å². The van der Waals surface area contributed by atoms with Crippen LogP contribution in [0.25, 0.3) is 0 Å². The quantitative estimate of drug-likeness (QED) is 0.427. The average molecular weight is 498 g/mol. The van der Waals surface area contributed by atoms with E-state index in [0.717, 1.165) is 22.6 Å². The predicted molar refractivity (Wildman–Crippen MR) is 138 cm³/mol. The van der Waals surface area contributed by atoms with Crippen LogP contribution in [0, 0.1) is 5.82 Å². The molecular formula is C31H28FNO4. The zero-order valence-corrected chi connectivity index (χ0v) is 20.8. The summed E-state index contributed by atoms with van der Waals surface area (Å²) in [6, 6.07) is 23.2. The summed E-state index contributed by atoms with van der Waals surface area (Å²) in [6.07, 6.45) is 0.935. The van der Waals surface area contributed by atoms with Crippen molar-refractivity contribution in [1.82, 2.24) is 5.32 Å². The van der Waals surface area contributed by atoms with Crippen molar-refractivity contribution in [1.29, 1.82) is 0 Å². The Bertz CT molecular complexity index is 1370. The third-order valence-electron chi connectivity index (χ3n) is 7.05. The molecule has 5 nitrogen and oxygen atoms in total. The maximum absolute atomic E-state index is 13.8. The monoisotopic (exact) mass is 497 g/mol. The van der Waals surface area contributed by atoms with E-state index in [1.54, 1.807) is 19.2 Å². The van der Waals surface area contributed by atoms with Crippen molar-refractivity contribution in [3.63, 3.8) is 0 Å². The van der Waals surface area contributed by atoms with E-state index in [0.29, 0.717) is 35.2 Å². The number of rotatable bonds is 6. The van der Waals surface area contributed by atoms with Gasteiger partial charge in [0, 0.05) is 29.3 Å². The van der Waals surface area contributed by atoms with Gasteiger partial charge in [0.25, 0.3) is 0 Å². The van der Waals surface area contributed by atoms with E-state index in [9.17, 15) is 14.0 Å². The van der Waals surface area contributed by atoms with Crippen molar-refractivity contribution in [3.05, 3.63) is 124 Å². The van der Waals surface area contributed by atoms with Crippen LogP contribution in [0.5, 0.6) is 5.75 Å². The second-order valence-electron chi connectivity index (χ2n) is 9.40. The van der Waals surface area contributed by atoms with Crippen LogP contribution < -0.4 is 10.1 Å². The topological polar surface area (TPSA) is 64.6 Å². The highest BCUT2D eigenvalue weighted by Gasteiger charge is 2.41. The molecule has 0 radical (unpaired) electrons. The lowest BCUT2D eigenvalue weighted by Crippen LogP contribution is -2.36. The van der Waals surface area contributed by atoms with E-state index in [1.807, 2.05) is 61.5 Å². The molecule has 0 spiro atoms. The number of dihydropyridines is 1. The fourth-order valence-electron chi connectivity index (χ4n) is 5.21. The summed E-state index contributed by atoms with van der Waals surface area (Å²) in [5, 5.41) is 3.35. The van der Waals surface area contributed by atoms with Gasteiger partial charge in [-0.3, -0.25) is 4.79 Å². The summed E-state index contributed by atoms with van der Waals surface area (Å²) in [5.74, 6) is -0.794. The third-order valence-corrected chi connectivity index (χ3v) is 7.05. The second-order valence-corrected chi connectivity index (χ2v) is 9.40. The zero-order valence-electron chi connectivity index (χ0n) is 20.8. The first-order valence-corrected chi connectivity index (χ1v) is 12.3. The van der Waals surface area contributed by atoms with Crippen molar-refractivity contribution in [2.24, 2.45) is 0 Å². The summed E-state index contributed by atoms with van der Waals surface area (Å²) < 4.78 is 24.7. The molecule has 37 heavy (non-hydrogen) atoms. The Morgan fingerprint density at radius 1 is 0.946 bits per heavy atom. The SMILES string of the molecule is COc1ccc([C@@H]2CC(=O)C3=C(C2)NC(C)=C(C(=O)OCc2ccccc2)[C@@H]3c2ccc(F)cc2)cc1. The summed E-state index contributed by atoms with van der Waals surface area (Å²) in [7, 11) is 1.62. The van der Waals surface area contributed by atoms with Gasteiger partial charge in [-0.15, -0.1) is 0 Å². The number of allylic oxidation sites excluding steroid dienone is 3. The molecule has 5 rings (SSSR count). The molecule has 0 saturated carbocycles. The minimum absolute atomic E-state index is 0.00194. The van der Waals surface area contributed by atoms with Crippen LogP contribution in [0.15, 0.2) is 101 Å². The smallest absolute Gasteiger partial charge is 0.337 e. The Hall–Kier alpha value is -4.19. The van der Waals surface area contributed by atoms with Gasteiger partial charge in [-0.05, 0) is 60.2 Å². The van der Waals surface area contributed by atoms with Gasteiger partial charge in [0.1, 0.15) is 18.2 Å². The minimum atomic E-state index is -0.635. The van der Waals surface area contributed by atoms with Crippen molar-refractivity contribution in [2.45, 2.75) is 38.2 Å². The Morgan fingerprint density at radius 2 is 1.62 bits per heavy atom. The molecule has 1 aliphatic carbocycles. The molecule has 0 saturated heterocycles. The Labute approximate surface area is 215 Å². The number of halogens is 1. The van der Waals surface area contributed by atoms with Gasteiger partial charge in [0.05, 0.1) is 12.7 Å². The van der Waals surface area contributed by atoms with Crippen LogP contribution in [0.3, 0.4) is 0 Å².